The molecule has 3 heterocycles. The molecule has 0 bridgehead atoms. The van der Waals surface area contributed by atoms with Gasteiger partial charge in [0.05, 0.1) is 5.69 Å². The van der Waals surface area contributed by atoms with Crippen molar-refractivity contribution < 1.29 is 4.79 Å². The van der Waals surface area contributed by atoms with E-state index >= 15 is 0 Å². The third-order valence-electron chi connectivity index (χ3n) is 5.35. The fourth-order valence-electron chi connectivity index (χ4n) is 3.91. The smallest absolute Gasteiger partial charge is 0.343 e. The molecule has 0 saturated carbocycles. The van der Waals surface area contributed by atoms with Crippen molar-refractivity contribution in [2.24, 2.45) is 7.05 Å². The number of likely N-dealkylation sites (tertiary alicyclic amines) is 1. The second kappa shape index (κ2) is 7.70. The van der Waals surface area contributed by atoms with Gasteiger partial charge in [-0.2, -0.15) is 10.2 Å². The third kappa shape index (κ3) is 3.99. The molecule has 1 aliphatic heterocycles. The molecule has 148 valence electrons. The Morgan fingerprint density at radius 2 is 1.89 bits per heavy atom. The van der Waals surface area contributed by atoms with Crippen LogP contribution >= 0.6 is 0 Å². The van der Waals surface area contributed by atoms with Gasteiger partial charge < -0.3 is 4.90 Å². The number of amides is 1. The van der Waals surface area contributed by atoms with Crippen molar-refractivity contribution in [2.45, 2.75) is 65.5 Å². The number of carbonyl (C=O) groups excluding carboxylic acids is 1. The summed E-state index contributed by atoms with van der Waals surface area (Å²) in [5.74, 6) is 1.25. The summed E-state index contributed by atoms with van der Waals surface area (Å²) in [6.45, 7) is 10.0. The summed E-state index contributed by atoms with van der Waals surface area (Å²) < 4.78 is 5.10. The highest BCUT2D eigenvalue weighted by Gasteiger charge is 2.28. The number of hydrogen-bond acceptors (Lipinski definition) is 4. The van der Waals surface area contributed by atoms with Crippen LogP contribution in [0, 0.1) is 13.8 Å². The van der Waals surface area contributed by atoms with Crippen molar-refractivity contribution in [3.63, 3.8) is 0 Å². The minimum absolute atomic E-state index is 0.0663. The largest absolute Gasteiger partial charge is 0.345 e. The van der Waals surface area contributed by atoms with Crippen LogP contribution in [0.25, 0.3) is 0 Å². The second-order valence-corrected chi connectivity index (χ2v) is 7.78. The number of piperidine rings is 1. The Labute approximate surface area is 159 Å². The molecule has 0 N–H and O–H groups in total. The third-order valence-corrected chi connectivity index (χ3v) is 5.35. The molecule has 1 saturated heterocycles. The van der Waals surface area contributed by atoms with E-state index in [1.807, 2.05) is 43.3 Å². The molecular formula is C19H30N6O2. The minimum atomic E-state index is -0.0663. The van der Waals surface area contributed by atoms with E-state index in [1.54, 1.807) is 11.6 Å². The molecule has 0 aliphatic carbocycles. The van der Waals surface area contributed by atoms with Gasteiger partial charge in [-0.25, -0.2) is 9.48 Å². The summed E-state index contributed by atoms with van der Waals surface area (Å²) in [7, 11) is 1.70. The zero-order valence-electron chi connectivity index (χ0n) is 17.0. The Kier molecular flexibility index (Phi) is 5.53. The van der Waals surface area contributed by atoms with Gasteiger partial charge in [0.25, 0.3) is 0 Å². The molecule has 1 fully saturated rings. The second-order valence-electron chi connectivity index (χ2n) is 7.78. The van der Waals surface area contributed by atoms with Crippen LogP contribution in [0.3, 0.4) is 0 Å². The van der Waals surface area contributed by atoms with Gasteiger partial charge in [0.2, 0.25) is 5.91 Å². The zero-order valence-corrected chi connectivity index (χ0v) is 17.0. The normalized spacial score (nSPS) is 15.7. The van der Waals surface area contributed by atoms with Gasteiger partial charge >= 0.3 is 5.69 Å². The Bertz CT molecular complexity index is 867. The summed E-state index contributed by atoms with van der Waals surface area (Å²) in [5, 5.41) is 8.88. The molecule has 0 atom stereocenters. The first-order chi connectivity index (χ1) is 12.8. The molecule has 0 unspecified atom stereocenters. The van der Waals surface area contributed by atoms with Crippen LogP contribution in [-0.4, -0.2) is 48.0 Å². The number of aryl methyl sites for hydroxylation is 4. The zero-order chi connectivity index (χ0) is 19.7. The fraction of sp³-hybridized carbons (Fsp3) is 0.684. The molecule has 1 aliphatic rings. The van der Waals surface area contributed by atoms with Gasteiger partial charge in [-0.15, -0.1) is 0 Å². The highest BCUT2D eigenvalue weighted by atomic mass is 16.2. The Hall–Kier alpha value is -2.38. The number of carbonyl (C=O) groups is 1. The van der Waals surface area contributed by atoms with Crippen molar-refractivity contribution >= 4 is 5.91 Å². The van der Waals surface area contributed by atoms with Crippen LogP contribution in [0.1, 0.15) is 62.3 Å². The molecule has 0 aromatic carbocycles. The monoisotopic (exact) mass is 374 g/mol. The van der Waals surface area contributed by atoms with Crippen LogP contribution in [0.15, 0.2) is 10.9 Å². The lowest BCUT2D eigenvalue weighted by molar-refractivity contribution is -0.132. The lowest BCUT2D eigenvalue weighted by Crippen LogP contribution is -2.39. The van der Waals surface area contributed by atoms with Crippen molar-refractivity contribution in [3.8, 4) is 0 Å². The van der Waals surface area contributed by atoms with Crippen LogP contribution in [0.2, 0.25) is 0 Å². The number of aromatic nitrogens is 5. The maximum Gasteiger partial charge on any atom is 0.345 e. The topological polar surface area (TPSA) is 78.0 Å². The SMILES string of the molecule is Cc1cc(C)n(CCC(=O)N2CCC(c3nn(C)c(=O)n3C(C)C)CC2)n1. The van der Waals surface area contributed by atoms with Crippen molar-refractivity contribution in [2.75, 3.05) is 13.1 Å². The molecule has 0 radical (unpaired) electrons. The van der Waals surface area contributed by atoms with Crippen molar-refractivity contribution in [3.05, 3.63) is 33.8 Å². The standard InChI is InChI=1S/C19H30N6O2/c1-13(2)25-18(21-22(5)19(25)27)16-6-9-23(10-7-16)17(26)8-11-24-15(4)12-14(3)20-24/h12-13,16H,6-11H2,1-5H3. The van der Waals surface area contributed by atoms with Gasteiger partial charge in [0.15, 0.2) is 0 Å². The van der Waals surface area contributed by atoms with E-state index in [4.69, 9.17) is 0 Å². The summed E-state index contributed by atoms with van der Waals surface area (Å²) in [6, 6.07) is 2.11. The van der Waals surface area contributed by atoms with Crippen molar-refractivity contribution in [1.29, 1.82) is 0 Å². The minimum Gasteiger partial charge on any atom is -0.343 e. The van der Waals surface area contributed by atoms with Gasteiger partial charge in [-0.05, 0) is 46.6 Å². The van der Waals surface area contributed by atoms with E-state index in [0.29, 0.717) is 26.1 Å². The highest BCUT2D eigenvalue weighted by molar-refractivity contribution is 5.76. The molecule has 3 rings (SSSR count). The van der Waals surface area contributed by atoms with E-state index in [1.165, 1.54) is 4.68 Å². The Morgan fingerprint density at radius 1 is 1.22 bits per heavy atom. The first-order valence-electron chi connectivity index (χ1n) is 9.72. The van der Waals surface area contributed by atoms with E-state index in [0.717, 1.165) is 30.1 Å². The lowest BCUT2D eigenvalue weighted by Gasteiger charge is -2.32. The quantitative estimate of drug-likeness (QED) is 0.799. The summed E-state index contributed by atoms with van der Waals surface area (Å²) in [5.41, 5.74) is 2.00. The van der Waals surface area contributed by atoms with E-state index in [2.05, 4.69) is 10.2 Å². The van der Waals surface area contributed by atoms with E-state index in [-0.39, 0.29) is 23.6 Å². The fourth-order valence-corrected chi connectivity index (χ4v) is 3.91. The molecule has 1 amide bonds. The summed E-state index contributed by atoms with van der Waals surface area (Å²) >= 11 is 0. The van der Waals surface area contributed by atoms with Gasteiger partial charge in [0.1, 0.15) is 5.82 Å². The predicted molar refractivity (Wildman–Crippen MR) is 103 cm³/mol. The van der Waals surface area contributed by atoms with Gasteiger partial charge in [0, 0.05) is 50.8 Å². The Balaban J connectivity index is 1.59. The number of rotatable bonds is 5. The molecule has 2 aromatic rings. The molecule has 27 heavy (non-hydrogen) atoms. The number of hydrogen-bond donors (Lipinski definition) is 0. The number of nitrogens with zero attached hydrogens (tertiary/aromatic N) is 6. The molecule has 2 aromatic heterocycles. The van der Waals surface area contributed by atoms with Crippen molar-refractivity contribution in [1.82, 2.24) is 29.0 Å². The summed E-state index contributed by atoms with van der Waals surface area (Å²) in [6.07, 6.45) is 2.15. The van der Waals surface area contributed by atoms with Gasteiger partial charge in [-0.3, -0.25) is 14.0 Å². The molecule has 0 spiro atoms. The van der Waals surface area contributed by atoms with Crippen LogP contribution in [-0.2, 0) is 18.4 Å². The highest BCUT2D eigenvalue weighted by Crippen LogP contribution is 2.27. The predicted octanol–water partition coefficient (Wildman–Crippen LogP) is 1.77. The first kappa shape index (κ1) is 19.4. The van der Waals surface area contributed by atoms with Crippen LogP contribution in [0.5, 0.6) is 0 Å². The average Bonchev–Trinajstić information content (AvgIpc) is 3.11. The first-order valence-corrected chi connectivity index (χ1v) is 9.72. The van der Waals surface area contributed by atoms with Crippen LogP contribution < -0.4 is 5.69 Å². The summed E-state index contributed by atoms with van der Waals surface area (Å²) in [4.78, 5) is 26.8. The molecule has 8 nitrogen and oxygen atoms in total. The van der Waals surface area contributed by atoms with Crippen LogP contribution in [0.4, 0.5) is 0 Å². The van der Waals surface area contributed by atoms with E-state index in [9.17, 15) is 9.59 Å². The lowest BCUT2D eigenvalue weighted by atomic mass is 9.95. The molecule has 8 heteroatoms. The molecular weight excluding hydrogens is 344 g/mol. The maximum atomic E-state index is 12.6. The maximum absolute atomic E-state index is 12.6. The van der Waals surface area contributed by atoms with Gasteiger partial charge in [-0.1, -0.05) is 0 Å². The Morgan fingerprint density at radius 3 is 2.44 bits per heavy atom. The van der Waals surface area contributed by atoms with E-state index < -0.39 is 0 Å². The average molecular weight is 374 g/mol.